The van der Waals surface area contributed by atoms with Gasteiger partial charge in [-0.05, 0) is 41.5 Å². The summed E-state index contributed by atoms with van der Waals surface area (Å²) in [6.07, 6.45) is 5.98. The Labute approximate surface area is 230 Å². The molecule has 0 bridgehead atoms. The third kappa shape index (κ3) is 12.9. The van der Waals surface area contributed by atoms with Crippen molar-refractivity contribution in [2.24, 2.45) is 0 Å². The number of nitrogens with one attached hydrogen (secondary N) is 2. The van der Waals surface area contributed by atoms with Crippen molar-refractivity contribution in [2.75, 3.05) is 0 Å². The molecule has 4 aromatic rings. The van der Waals surface area contributed by atoms with Crippen molar-refractivity contribution in [1.82, 2.24) is 9.97 Å². The van der Waals surface area contributed by atoms with Gasteiger partial charge in [0.25, 0.3) is 0 Å². The first-order chi connectivity index (χ1) is 12.2. The number of para-hydroxylation sites is 2. The Kier molecular flexibility index (Phi) is 22.6. The van der Waals surface area contributed by atoms with Crippen LogP contribution in [0.4, 0.5) is 0 Å². The van der Waals surface area contributed by atoms with Gasteiger partial charge in [0.2, 0.25) is 0 Å². The second-order valence-corrected chi connectivity index (χ2v) is 5.63. The summed E-state index contributed by atoms with van der Waals surface area (Å²) in [5, 5.41) is 10.6. The van der Waals surface area contributed by atoms with E-state index >= 15 is 0 Å². The van der Waals surface area contributed by atoms with E-state index in [0.717, 1.165) is 12.8 Å². The molecular formula is C21H30N2Na2O2S2. The molecule has 4 nitrogen and oxygen atoms in total. The second kappa shape index (κ2) is 19.6. The van der Waals surface area contributed by atoms with Crippen LogP contribution >= 0.6 is 27.0 Å². The van der Waals surface area contributed by atoms with Gasteiger partial charge in [-0.2, -0.15) is 27.0 Å². The maximum Gasteiger partial charge on any atom is 0.0453 e. The van der Waals surface area contributed by atoms with Crippen molar-refractivity contribution in [3.8, 4) is 0 Å². The number of aromatic nitrogens is 2. The van der Waals surface area contributed by atoms with E-state index in [1.54, 1.807) is 0 Å². The number of carbonyl (C=O) groups is 1. The molecule has 2 aromatic heterocycles. The predicted molar refractivity (Wildman–Crippen MR) is 139 cm³/mol. The normalized spacial score (nSPS) is 8.45. The molecule has 0 saturated carbocycles. The molecule has 0 spiro atoms. The van der Waals surface area contributed by atoms with Crippen LogP contribution in [0.3, 0.4) is 0 Å². The van der Waals surface area contributed by atoms with Crippen LogP contribution in [-0.4, -0.2) is 80.2 Å². The number of fused-ring (bicyclic) bond motifs is 2. The monoisotopic (exact) mass is 452 g/mol. The van der Waals surface area contributed by atoms with Gasteiger partial charge in [-0.15, -0.1) is 0 Å². The Hall–Kier alpha value is -0.310. The van der Waals surface area contributed by atoms with E-state index in [9.17, 15) is 4.79 Å². The number of benzene rings is 2. The first-order valence-electron chi connectivity index (χ1n) is 8.46. The summed E-state index contributed by atoms with van der Waals surface area (Å²) < 4.78 is 0. The van der Waals surface area contributed by atoms with Crippen LogP contribution in [0.5, 0.6) is 0 Å². The van der Waals surface area contributed by atoms with E-state index < -0.39 is 5.97 Å². The van der Waals surface area contributed by atoms with Gasteiger partial charge in [0.05, 0.1) is 0 Å². The quantitative estimate of drug-likeness (QED) is 0.400. The molecule has 4 rings (SSSR count). The number of hydrogen-bond donors (Lipinski definition) is 3. The number of carboxylic acid groups (broad SMARTS) is 1. The fraction of sp³-hybridized carbons (Fsp3) is 0.190. The SMILES string of the molecule is CCCCC(=O)O.S.S.[NaH].[NaH].c1ccc2[nH]ccc2c1.c1ccc2[nH]ccc2c1. The van der Waals surface area contributed by atoms with Gasteiger partial charge in [0.1, 0.15) is 0 Å². The molecule has 0 atom stereocenters. The van der Waals surface area contributed by atoms with Gasteiger partial charge in [-0.25, -0.2) is 0 Å². The van der Waals surface area contributed by atoms with E-state index in [2.05, 4.69) is 46.4 Å². The number of hydrogen-bond acceptors (Lipinski definition) is 1. The fourth-order valence-corrected chi connectivity index (χ4v) is 2.32. The Morgan fingerprint density at radius 3 is 1.52 bits per heavy atom. The van der Waals surface area contributed by atoms with Gasteiger partial charge in [0.15, 0.2) is 0 Å². The summed E-state index contributed by atoms with van der Waals surface area (Å²) in [6, 6.07) is 20.6. The standard InChI is InChI=1S/2C8H7N.C5H10O2.2Na.2H2S.2H/c2*1-2-4-8-7(3-1)5-6-9-8;1-2-3-4-5(6)7;;;;;;/h2*1-6,9H;2-4H2,1H3,(H,6,7);;;2*1H2;;. The minimum atomic E-state index is -0.693. The van der Waals surface area contributed by atoms with E-state index in [0.29, 0.717) is 6.42 Å². The van der Waals surface area contributed by atoms with Crippen molar-refractivity contribution >= 4 is 114 Å². The molecule has 0 amide bonds. The van der Waals surface area contributed by atoms with Gasteiger partial charge in [-0.3, -0.25) is 4.79 Å². The molecule has 0 radical (unpaired) electrons. The molecule has 0 fully saturated rings. The zero-order valence-corrected chi connectivity index (χ0v) is 17.4. The molecule has 0 aliphatic heterocycles. The largest absolute Gasteiger partial charge is 0.361 e. The van der Waals surface area contributed by atoms with Gasteiger partial charge in [-0.1, -0.05) is 49.7 Å². The van der Waals surface area contributed by atoms with Gasteiger partial charge < -0.3 is 15.1 Å². The summed E-state index contributed by atoms with van der Waals surface area (Å²) >= 11 is 0. The van der Waals surface area contributed by atoms with Crippen molar-refractivity contribution in [1.29, 1.82) is 0 Å². The minimum absolute atomic E-state index is 0. The number of rotatable bonds is 3. The van der Waals surface area contributed by atoms with E-state index in [1.807, 2.05) is 43.6 Å². The Morgan fingerprint density at radius 2 is 1.21 bits per heavy atom. The minimum Gasteiger partial charge on any atom is -0.361 e. The van der Waals surface area contributed by atoms with Crippen LogP contribution in [0.1, 0.15) is 26.2 Å². The van der Waals surface area contributed by atoms with Gasteiger partial charge in [0, 0.05) is 29.8 Å². The van der Waals surface area contributed by atoms with Crippen LogP contribution in [0, 0.1) is 0 Å². The predicted octanol–water partition coefficient (Wildman–Crippen LogP) is 4.53. The van der Waals surface area contributed by atoms with Crippen LogP contribution in [0.25, 0.3) is 21.8 Å². The van der Waals surface area contributed by atoms with Crippen molar-refractivity contribution in [3.05, 3.63) is 73.1 Å². The van der Waals surface area contributed by atoms with Crippen molar-refractivity contribution < 1.29 is 9.90 Å². The molecule has 3 N–H and O–H groups in total. The number of carboxylic acids is 1. The van der Waals surface area contributed by atoms with Crippen molar-refractivity contribution in [3.63, 3.8) is 0 Å². The van der Waals surface area contributed by atoms with E-state index in [4.69, 9.17) is 5.11 Å². The fourth-order valence-electron chi connectivity index (χ4n) is 2.32. The molecule has 150 valence electrons. The second-order valence-electron chi connectivity index (χ2n) is 5.63. The summed E-state index contributed by atoms with van der Waals surface area (Å²) in [6.45, 7) is 1.98. The third-order valence-corrected chi connectivity index (χ3v) is 3.67. The smallest absolute Gasteiger partial charge is 0.0453 e. The molecule has 0 aliphatic rings. The Balaban J connectivity index is -0.000000331. The average molecular weight is 453 g/mol. The topological polar surface area (TPSA) is 68.9 Å². The first kappa shape index (κ1) is 33.3. The molecule has 0 aliphatic carbocycles. The van der Waals surface area contributed by atoms with E-state index in [1.165, 1.54) is 21.8 Å². The molecular weight excluding hydrogens is 422 g/mol. The Morgan fingerprint density at radius 1 is 0.793 bits per heavy atom. The third-order valence-electron chi connectivity index (χ3n) is 3.67. The van der Waals surface area contributed by atoms with Crippen LogP contribution in [0.15, 0.2) is 73.1 Å². The maximum absolute atomic E-state index is 9.76. The number of H-pyrrole nitrogens is 2. The molecule has 29 heavy (non-hydrogen) atoms. The molecule has 2 aromatic carbocycles. The van der Waals surface area contributed by atoms with Crippen LogP contribution < -0.4 is 0 Å². The zero-order chi connectivity index (χ0) is 17.9. The average Bonchev–Trinajstić information content (AvgIpc) is 3.29. The van der Waals surface area contributed by atoms with Gasteiger partial charge >= 0.3 is 65.1 Å². The van der Waals surface area contributed by atoms with E-state index in [-0.39, 0.29) is 86.1 Å². The zero-order valence-electron chi connectivity index (χ0n) is 15.4. The summed E-state index contributed by atoms with van der Waals surface area (Å²) in [5.41, 5.74) is 2.41. The molecule has 2 heterocycles. The summed E-state index contributed by atoms with van der Waals surface area (Å²) in [7, 11) is 0. The number of aliphatic carboxylic acids is 1. The van der Waals surface area contributed by atoms with Crippen LogP contribution in [0.2, 0.25) is 0 Å². The van der Waals surface area contributed by atoms with Crippen LogP contribution in [-0.2, 0) is 4.79 Å². The summed E-state index contributed by atoms with van der Waals surface area (Å²) in [4.78, 5) is 16.0. The van der Waals surface area contributed by atoms with Crippen molar-refractivity contribution in [2.45, 2.75) is 26.2 Å². The first-order valence-corrected chi connectivity index (χ1v) is 8.46. The maximum atomic E-state index is 9.76. The summed E-state index contributed by atoms with van der Waals surface area (Å²) in [5.74, 6) is -0.693. The molecule has 8 heteroatoms. The Bertz CT molecular complexity index is 787. The number of aromatic amines is 2. The number of unbranched alkanes of at least 4 members (excludes halogenated alkanes) is 1. The molecule has 0 unspecified atom stereocenters. The molecule has 0 saturated heterocycles.